The molecule has 110 valence electrons. The predicted molar refractivity (Wildman–Crippen MR) is 82.5 cm³/mol. The van der Waals surface area contributed by atoms with Gasteiger partial charge < -0.3 is 4.98 Å². The Morgan fingerprint density at radius 3 is 2.59 bits per heavy atom. The second-order valence-corrected chi connectivity index (χ2v) is 5.02. The Hall–Kier alpha value is -2.82. The fraction of sp³-hybridized carbons (Fsp3) is 0.176. The fourth-order valence-corrected chi connectivity index (χ4v) is 2.26. The molecule has 0 aliphatic carbocycles. The number of Topliss-reactive ketones (excluding diaryl/α,β-unsaturated/α-hetero) is 1. The number of rotatable bonds is 6. The summed E-state index contributed by atoms with van der Waals surface area (Å²) in [7, 11) is 0. The number of carbonyl (C=O) groups is 1. The van der Waals surface area contributed by atoms with Gasteiger partial charge in [0.1, 0.15) is 6.33 Å². The van der Waals surface area contributed by atoms with E-state index >= 15 is 0 Å². The molecule has 1 N–H and O–H groups in total. The van der Waals surface area contributed by atoms with Crippen molar-refractivity contribution in [3.63, 3.8) is 0 Å². The lowest BCUT2D eigenvalue weighted by molar-refractivity contribution is 0.0983. The standard InChI is InChI=1S/C17H16N4O/c22-16(17-18-8-9-19-17)11-15-10-14(20-12-21-15)7-6-13-4-2-1-3-5-13/h1-5,8-10,12H,6-7,11H2,(H,18,19). The van der Waals surface area contributed by atoms with Crippen molar-refractivity contribution in [3.05, 3.63) is 77.9 Å². The highest BCUT2D eigenvalue weighted by atomic mass is 16.1. The average molecular weight is 292 g/mol. The summed E-state index contributed by atoms with van der Waals surface area (Å²) in [5, 5.41) is 0. The molecule has 0 radical (unpaired) electrons. The van der Waals surface area contributed by atoms with Crippen LogP contribution in [0.2, 0.25) is 0 Å². The SMILES string of the molecule is O=C(Cc1cc(CCc2ccccc2)ncn1)c1ncc[nH]1. The zero-order valence-corrected chi connectivity index (χ0v) is 12.1. The number of aryl methyl sites for hydroxylation is 2. The smallest absolute Gasteiger partial charge is 0.203 e. The Morgan fingerprint density at radius 1 is 1.00 bits per heavy atom. The van der Waals surface area contributed by atoms with Gasteiger partial charge in [0.15, 0.2) is 5.82 Å². The Bertz CT molecular complexity index is 738. The molecule has 0 bridgehead atoms. The second-order valence-electron chi connectivity index (χ2n) is 5.02. The number of hydrogen-bond acceptors (Lipinski definition) is 4. The molecule has 5 nitrogen and oxygen atoms in total. The van der Waals surface area contributed by atoms with Crippen molar-refractivity contribution in [2.45, 2.75) is 19.3 Å². The molecule has 0 amide bonds. The molecule has 0 atom stereocenters. The van der Waals surface area contributed by atoms with Gasteiger partial charge >= 0.3 is 0 Å². The van der Waals surface area contributed by atoms with Crippen LogP contribution in [0.5, 0.6) is 0 Å². The lowest BCUT2D eigenvalue weighted by Crippen LogP contribution is -2.08. The summed E-state index contributed by atoms with van der Waals surface area (Å²) in [5.41, 5.74) is 2.94. The molecule has 0 saturated carbocycles. The van der Waals surface area contributed by atoms with Gasteiger partial charge in [-0.05, 0) is 24.5 Å². The third-order valence-electron chi connectivity index (χ3n) is 3.40. The van der Waals surface area contributed by atoms with Gasteiger partial charge in [0.05, 0.1) is 12.1 Å². The Morgan fingerprint density at radius 2 is 1.82 bits per heavy atom. The summed E-state index contributed by atoms with van der Waals surface area (Å²) in [6.07, 6.45) is 6.70. The van der Waals surface area contributed by atoms with E-state index in [1.165, 1.54) is 11.9 Å². The molecular weight excluding hydrogens is 276 g/mol. The summed E-state index contributed by atoms with van der Waals surface area (Å²) in [6.45, 7) is 0. The van der Waals surface area contributed by atoms with E-state index in [4.69, 9.17) is 0 Å². The lowest BCUT2D eigenvalue weighted by Gasteiger charge is -2.03. The largest absolute Gasteiger partial charge is 0.342 e. The van der Waals surface area contributed by atoms with Crippen LogP contribution >= 0.6 is 0 Å². The Balaban J connectivity index is 1.64. The molecule has 0 aliphatic rings. The molecule has 2 aromatic heterocycles. The first-order chi connectivity index (χ1) is 10.8. The van der Waals surface area contributed by atoms with Crippen molar-refractivity contribution in [1.29, 1.82) is 0 Å². The average Bonchev–Trinajstić information content (AvgIpc) is 3.09. The number of carbonyl (C=O) groups excluding carboxylic acids is 1. The van der Waals surface area contributed by atoms with Gasteiger partial charge in [0.2, 0.25) is 5.78 Å². The third kappa shape index (κ3) is 3.63. The molecule has 1 aromatic carbocycles. The number of aromatic nitrogens is 4. The van der Waals surface area contributed by atoms with Gasteiger partial charge in [-0.2, -0.15) is 0 Å². The molecule has 0 unspecified atom stereocenters. The molecule has 0 fully saturated rings. The van der Waals surface area contributed by atoms with E-state index in [9.17, 15) is 4.79 Å². The molecule has 2 heterocycles. The molecule has 22 heavy (non-hydrogen) atoms. The number of nitrogens with one attached hydrogen (secondary N) is 1. The number of benzene rings is 1. The molecule has 0 spiro atoms. The minimum Gasteiger partial charge on any atom is -0.342 e. The lowest BCUT2D eigenvalue weighted by atomic mass is 10.1. The van der Waals surface area contributed by atoms with Crippen molar-refractivity contribution in [3.8, 4) is 0 Å². The number of hydrogen-bond donors (Lipinski definition) is 1. The summed E-state index contributed by atoms with van der Waals surface area (Å²) in [5.74, 6) is 0.294. The van der Waals surface area contributed by atoms with E-state index in [1.54, 1.807) is 12.4 Å². The highest BCUT2D eigenvalue weighted by Gasteiger charge is 2.10. The van der Waals surface area contributed by atoms with Gasteiger partial charge in [-0.1, -0.05) is 30.3 Å². The Kier molecular flexibility index (Phi) is 4.34. The topological polar surface area (TPSA) is 71.5 Å². The van der Waals surface area contributed by atoms with Crippen LogP contribution in [0.15, 0.2) is 55.1 Å². The first-order valence-corrected chi connectivity index (χ1v) is 7.17. The molecule has 3 aromatic rings. The summed E-state index contributed by atoms with van der Waals surface area (Å²) in [4.78, 5) is 27.2. The third-order valence-corrected chi connectivity index (χ3v) is 3.40. The van der Waals surface area contributed by atoms with E-state index in [-0.39, 0.29) is 12.2 Å². The number of nitrogens with zero attached hydrogens (tertiary/aromatic N) is 3. The molecule has 5 heteroatoms. The maximum Gasteiger partial charge on any atom is 0.203 e. The van der Waals surface area contributed by atoms with E-state index in [0.717, 1.165) is 24.2 Å². The van der Waals surface area contributed by atoms with Crippen LogP contribution in [0.1, 0.15) is 27.6 Å². The minimum atomic E-state index is -0.0716. The van der Waals surface area contributed by atoms with Crippen molar-refractivity contribution in [2.24, 2.45) is 0 Å². The van der Waals surface area contributed by atoms with E-state index in [1.807, 2.05) is 24.3 Å². The van der Waals surface area contributed by atoms with Crippen LogP contribution in [0.3, 0.4) is 0 Å². The van der Waals surface area contributed by atoms with Crippen LogP contribution in [-0.2, 0) is 19.3 Å². The maximum absolute atomic E-state index is 12.0. The summed E-state index contributed by atoms with van der Waals surface area (Å²) in [6, 6.07) is 12.2. The zero-order valence-electron chi connectivity index (χ0n) is 12.1. The molecule has 3 rings (SSSR count). The van der Waals surface area contributed by atoms with Crippen LogP contribution in [0, 0.1) is 0 Å². The molecule has 0 saturated heterocycles. The molecular formula is C17H16N4O. The Labute approximate surface area is 128 Å². The normalized spacial score (nSPS) is 10.5. The van der Waals surface area contributed by atoms with Crippen molar-refractivity contribution >= 4 is 5.78 Å². The number of imidazole rings is 1. The van der Waals surface area contributed by atoms with Crippen LogP contribution in [0.4, 0.5) is 0 Å². The van der Waals surface area contributed by atoms with Crippen LogP contribution in [-0.4, -0.2) is 25.7 Å². The minimum absolute atomic E-state index is 0.0716. The van der Waals surface area contributed by atoms with Crippen molar-refractivity contribution in [1.82, 2.24) is 19.9 Å². The zero-order chi connectivity index (χ0) is 15.2. The number of ketones is 1. The highest BCUT2D eigenvalue weighted by Crippen LogP contribution is 2.07. The van der Waals surface area contributed by atoms with Gasteiger partial charge in [-0.25, -0.2) is 15.0 Å². The van der Waals surface area contributed by atoms with Crippen molar-refractivity contribution in [2.75, 3.05) is 0 Å². The van der Waals surface area contributed by atoms with Gasteiger partial charge in [-0.3, -0.25) is 4.79 Å². The van der Waals surface area contributed by atoms with E-state index < -0.39 is 0 Å². The van der Waals surface area contributed by atoms with E-state index in [2.05, 4.69) is 32.1 Å². The number of aromatic amines is 1. The quantitative estimate of drug-likeness (QED) is 0.708. The maximum atomic E-state index is 12.0. The van der Waals surface area contributed by atoms with Gasteiger partial charge in [0, 0.05) is 18.1 Å². The van der Waals surface area contributed by atoms with Crippen LogP contribution in [0.25, 0.3) is 0 Å². The first kappa shape index (κ1) is 14.1. The monoisotopic (exact) mass is 292 g/mol. The van der Waals surface area contributed by atoms with Crippen LogP contribution < -0.4 is 0 Å². The molecule has 0 aliphatic heterocycles. The van der Waals surface area contributed by atoms with E-state index in [0.29, 0.717) is 5.82 Å². The summed E-state index contributed by atoms with van der Waals surface area (Å²) < 4.78 is 0. The van der Waals surface area contributed by atoms with Crippen molar-refractivity contribution < 1.29 is 4.79 Å². The van der Waals surface area contributed by atoms with Gasteiger partial charge in [0.25, 0.3) is 0 Å². The second kappa shape index (κ2) is 6.76. The number of H-pyrrole nitrogens is 1. The summed E-state index contributed by atoms with van der Waals surface area (Å²) >= 11 is 0. The highest BCUT2D eigenvalue weighted by molar-refractivity contribution is 5.93. The fourth-order valence-electron chi connectivity index (χ4n) is 2.26. The van der Waals surface area contributed by atoms with Gasteiger partial charge in [-0.15, -0.1) is 0 Å². The predicted octanol–water partition coefficient (Wildman–Crippen LogP) is 2.41. The first-order valence-electron chi connectivity index (χ1n) is 7.17.